The van der Waals surface area contributed by atoms with E-state index in [9.17, 15) is 9.59 Å². The van der Waals surface area contributed by atoms with Crippen LogP contribution >= 0.6 is 0 Å². The van der Waals surface area contributed by atoms with Crippen molar-refractivity contribution in [1.29, 1.82) is 0 Å². The first-order valence-electron chi connectivity index (χ1n) is 4.54. The number of aliphatic hydroxyl groups is 1. The monoisotopic (exact) mass is 220 g/mol. The molecule has 7 nitrogen and oxygen atoms in total. The van der Waals surface area contributed by atoms with Gasteiger partial charge in [0.05, 0.1) is 6.61 Å². The Morgan fingerprint density at radius 2 is 2.07 bits per heavy atom. The summed E-state index contributed by atoms with van der Waals surface area (Å²) in [6.07, 6.45) is 1.78. The molecule has 0 aromatic heterocycles. The molecular formula is C8H16N2O5. The second-order valence-electron chi connectivity index (χ2n) is 3.11. The summed E-state index contributed by atoms with van der Waals surface area (Å²) < 4.78 is 0. The highest BCUT2D eigenvalue weighted by Gasteiger charge is 2.20. The van der Waals surface area contributed by atoms with Gasteiger partial charge in [-0.3, -0.25) is 9.59 Å². The Kier molecular flexibility index (Phi) is 6.59. The minimum absolute atomic E-state index is 0.269. The number of hydrogen-bond acceptors (Lipinski definition) is 5. The molecule has 0 bridgehead atoms. The van der Waals surface area contributed by atoms with Gasteiger partial charge in [-0.1, -0.05) is 0 Å². The SMILES string of the molecule is N[C@@H](CO)C(=O)O.O=C(O)[C@@H]1CCCN1. The van der Waals surface area contributed by atoms with E-state index in [-0.39, 0.29) is 6.04 Å². The maximum absolute atomic E-state index is 10.1. The van der Waals surface area contributed by atoms with Crippen molar-refractivity contribution < 1.29 is 24.9 Å². The normalized spacial score (nSPS) is 21.3. The second-order valence-corrected chi connectivity index (χ2v) is 3.11. The number of nitrogens with one attached hydrogen (secondary N) is 1. The minimum Gasteiger partial charge on any atom is -0.480 e. The molecule has 0 spiro atoms. The third kappa shape index (κ3) is 6.00. The topological polar surface area (TPSA) is 133 Å². The van der Waals surface area contributed by atoms with E-state index in [4.69, 9.17) is 21.1 Å². The van der Waals surface area contributed by atoms with Crippen molar-refractivity contribution in [3.8, 4) is 0 Å². The van der Waals surface area contributed by atoms with Crippen molar-refractivity contribution in [2.45, 2.75) is 24.9 Å². The van der Waals surface area contributed by atoms with Crippen LogP contribution in [0.3, 0.4) is 0 Å². The molecule has 0 amide bonds. The average molecular weight is 220 g/mol. The third-order valence-corrected chi connectivity index (χ3v) is 1.87. The summed E-state index contributed by atoms with van der Waals surface area (Å²) >= 11 is 0. The maximum Gasteiger partial charge on any atom is 0.322 e. The van der Waals surface area contributed by atoms with E-state index in [1.54, 1.807) is 0 Å². The van der Waals surface area contributed by atoms with Gasteiger partial charge in [0, 0.05) is 0 Å². The first kappa shape index (κ1) is 13.8. The molecule has 0 aromatic rings. The van der Waals surface area contributed by atoms with Crippen LogP contribution in [0.2, 0.25) is 0 Å². The second kappa shape index (κ2) is 7.16. The Balaban J connectivity index is 0.000000265. The van der Waals surface area contributed by atoms with Crippen LogP contribution in [0.4, 0.5) is 0 Å². The van der Waals surface area contributed by atoms with Crippen LogP contribution < -0.4 is 11.1 Å². The molecule has 1 fully saturated rings. The van der Waals surface area contributed by atoms with E-state index < -0.39 is 24.6 Å². The zero-order valence-electron chi connectivity index (χ0n) is 8.22. The van der Waals surface area contributed by atoms with E-state index in [1.807, 2.05) is 0 Å². The molecule has 0 radical (unpaired) electrons. The number of aliphatic hydroxyl groups excluding tert-OH is 1. The number of carboxylic acid groups (broad SMARTS) is 2. The van der Waals surface area contributed by atoms with Crippen LogP contribution in [-0.4, -0.2) is 52.5 Å². The van der Waals surface area contributed by atoms with Crippen LogP contribution in [-0.2, 0) is 9.59 Å². The van der Waals surface area contributed by atoms with Gasteiger partial charge in [0.15, 0.2) is 0 Å². The van der Waals surface area contributed by atoms with Gasteiger partial charge in [0.25, 0.3) is 0 Å². The van der Waals surface area contributed by atoms with Crippen molar-refractivity contribution in [2.75, 3.05) is 13.2 Å². The summed E-state index contributed by atoms with van der Waals surface area (Å²) in [5.74, 6) is -1.90. The van der Waals surface area contributed by atoms with Gasteiger partial charge in [-0.2, -0.15) is 0 Å². The molecule has 0 aromatic carbocycles. The zero-order valence-corrected chi connectivity index (χ0v) is 8.22. The smallest absolute Gasteiger partial charge is 0.322 e. The molecule has 1 saturated heterocycles. The van der Waals surface area contributed by atoms with Gasteiger partial charge < -0.3 is 26.4 Å². The fourth-order valence-corrected chi connectivity index (χ4v) is 0.973. The highest BCUT2D eigenvalue weighted by Crippen LogP contribution is 2.03. The van der Waals surface area contributed by atoms with E-state index in [0.29, 0.717) is 0 Å². The number of aliphatic carboxylic acids is 2. The van der Waals surface area contributed by atoms with Gasteiger partial charge in [0.1, 0.15) is 12.1 Å². The standard InChI is InChI=1S/C5H9NO2.C3H7NO3/c7-5(8)4-2-1-3-6-4;4-2(1-5)3(6)7/h4,6H,1-3H2,(H,7,8);2,5H,1,4H2,(H,6,7)/t4-;2-/m00/s1. The van der Waals surface area contributed by atoms with Crippen LogP contribution in [0.15, 0.2) is 0 Å². The van der Waals surface area contributed by atoms with Gasteiger partial charge in [-0.05, 0) is 19.4 Å². The predicted octanol–water partition coefficient (Wildman–Crippen LogP) is -1.79. The van der Waals surface area contributed by atoms with E-state index in [2.05, 4.69) is 5.32 Å². The van der Waals surface area contributed by atoms with Crippen molar-refractivity contribution in [2.24, 2.45) is 5.73 Å². The van der Waals surface area contributed by atoms with Gasteiger partial charge >= 0.3 is 11.9 Å². The average Bonchev–Trinajstić information content (AvgIpc) is 2.70. The molecule has 2 atom stereocenters. The molecular weight excluding hydrogens is 204 g/mol. The molecule has 1 aliphatic rings. The third-order valence-electron chi connectivity index (χ3n) is 1.87. The maximum atomic E-state index is 10.1. The summed E-state index contributed by atoms with van der Waals surface area (Å²) in [5, 5.41) is 27.1. The molecule has 0 aliphatic carbocycles. The molecule has 0 unspecified atom stereocenters. The molecule has 0 saturated carbocycles. The fraction of sp³-hybridized carbons (Fsp3) is 0.750. The van der Waals surface area contributed by atoms with Crippen LogP contribution in [0.5, 0.6) is 0 Å². The molecule has 1 rings (SSSR count). The summed E-state index contributed by atoms with van der Waals surface area (Å²) in [6, 6.07) is -1.39. The Morgan fingerprint density at radius 3 is 2.20 bits per heavy atom. The molecule has 7 heteroatoms. The number of nitrogens with two attached hydrogens (primary N) is 1. The molecule has 1 aliphatic heterocycles. The molecule has 1 heterocycles. The first-order chi connectivity index (χ1) is 6.99. The molecule has 15 heavy (non-hydrogen) atoms. The largest absolute Gasteiger partial charge is 0.480 e. The highest BCUT2D eigenvalue weighted by atomic mass is 16.4. The lowest BCUT2D eigenvalue weighted by molar-refractivity contribution is -0.140. The Hall–Kier alpha value is -1.18. The predicted molar refractivity (Wildman–Crippen MR) is 51.4 cm³/mol. The summed E-state index contributed by atoms with van der Waals surface area (Å²) in [5.41, 5.74) is 4.77. The molecule has 88 valence electrons. The van der Waals surface area contributed by atoms with Crippen molar-refractivity contribution in [3.05, 3.63) is 0 Å². The quantitative estimate of drug-likeness (QED) is 0.379. The summed E-state index contributed by atoms with van der Waals surface area (Å²) in [4.78, 5) is 19.8. The zero-order chi connectivity index (χ0) is 11.8. The minimum atomic E-state index is -1.18. The number of carboxylic acids is 2. The van der Waals surface area contributed by atoms with Crippen molar-refractivity contribution >= 4 is 11.9 Å². The van der Waals surface area contributed by atoms with E-state index in [1.165, 1.54) is 0 Å². The van der Waals surface area contributed by atoms with Crippen molar-refractivity contribution in [1.82, 2.24) is 5.32 Å². The van der Waals surface area contributed by atoms with Crippen molar-refractivity contribution in [3.63, 3.8) is 0 Å². The van der Waals surface area contributed by atoms with Gasteiger partial charge in [0.2, 0.25) is 0 Å². The van der Waals surface area contributed by atoms with E-state index in [0.717, 1.165) is 19.4 Å². The van der Waals surface area contributed by atoms with Crippen LogP contribution in [0, 0.1) is 0 Å². The lowest BCUT2D eigenvalue weighted by Crippen LogP contribution is -2.33. The van der Waals surface area contributed by atoms with Gasteiger partial charge in [-0.15, -0.1) is 0 Å². The fourth-order valence-electron chi connectivity index (χ4n) is 0.973. The Bertz CT molecular complexity index is 215. The number of carbonyl (C=O) groups is 2. The molecule has 6 N–H and O–H groups in total. The Labute approximate surface area is 86.9 Å². The lowest BCUT2D eigenvalue weighted by Gasteiger charge is -1.99. The lowest BCUT2D eigenvalue weighted by atomic mass is 10.2. The van der Waals surface area contributed by atoms with Gasteiger partial charge in [-0.25, -0.2) is 0 Å². The Morgan fingerprint density at radius 1 is 1.47 bits per heavy atom. The summed E-state index contributed by atoms with van der Waals surface area (Å²) in [7, 11) is 0. The first-order valence-corrected chi connectivity index (χ1v) is 4.54. The number of hydrogen-bond donors (Lipinski definition) is 5. The van der Waals surface area contributed by atoms with Crippen LogP contribution in [0.1, 0.15) is 12.8 Å². The highest BCUT2D eigenvalue weighted by molar-refractivity contribution is 5.73. The summed E-state index contributed by atoms with van der Waals surface area (Å²) in [6.45, 7) is 0.353. The van der Waals surface area contributed by atoms with E-state index >= 15 is 0 Å². The number of rotatable bonds is 3. The van der Waals surface area contributed by atoms with Crippen LogP contribution in [0.25, 0.3) is 0 Å².